The summed E-state index contributed by atoms with van der Waals surface area (Å²) in [7, 11) is 0. The number of nitrogens with one attached hydrogen (secondary N) is 2. The van der Waals surface area contributed by atoms with Crippen molar-refractivity contribution < 1.29 is 14.7 Å². The van der Waals surface area contributed by atoms with E-state index in [2.05, 4.69) is 10.6 Å². The average Bonchev–Trinajstić information content (AvgIpc) is 3.13. The van der Waals surface area contributed by atoms with Gasteiger partial charge in [-0.25, -0.2) is 4.79 Å². The lowest BCUT2D eigenvalue weighted by Crippen LogP contribution is -2.49. The van der Waals surface area contributed by atoms with E-state index < -0.39 is 11.9 Å². The zero-order chi connectivity index (χ0) is 13.0. The molecule has 2 aliphatic rings. The van der Waals surface area contributed by atoms with Gasteiger partial charge in [-0.2, -0.15) is 0 Å². The summed E-state index contributed by atoms with van der Waals surface area (Å²) in [6, 6.07) is -0.425. The molecule has 0 aromatic carbocycles. The van der Waals surface area contributed by atoms with E-state index in [-0.39, 0.29) is 12.1 Å². The molecule has 2 amide bonds. The maximum atomic E-state index is 11.7. The van der Waals surface area contributed by atoms with E-state index in [0.29, 0.717) is 13.0 Å². The van der Waals surface area contributed by atoms with Crippen molar-refractivity contribution in [3.63, 3.8) is 0 Å². The largest absolute Gasteiger partial charge is 0.481 e. The Morgan fingerprint density at radius 1 is 1.11 bits per heavy atom. The molecule has 2 rings (SSSR count). The second-order valence-corrected chi connectivity index (χ2v) is 5.47. The molecule has 0 aliphatic heterocycles. The Hall–Kier alpha value is -1.26. The summed E-state index contributed by atoms with van der Waals surface area (Å²) in [5.74, 6) is -0.419. The highest BCUT2D eigenvalue weighted by Gasteiger charge is 2.31. The summed E-state index contributed by atoms with van der Waals surface area (Å²) in [6.45, 7) is 0.695. The normalized spacial score (nSPS) is 27.6. The molecule has 18 heavy (non-hydrogen) atoms. The lowest BCUT2D eigenvalue weighted by Gasteiger charge is -2.29. The van der Waals surface area contributed by atoms with Crippen molar-refractivity contribution in [2.75, 3.05) is 6.54 Å². The van der Waals surface area contributed by atoms with Gasteiger partial charge < -0.3 is 15.7 Å². The van der Waals surface area contributed by atoms with E-state index in [1.54, 1.807) is 0 Å². The van der Waals surface area contributed by atoms with Gasteiger partial charge in [-0.1, -0.05) is 25.7 Å². The standard InChI is InChI=1S/C13H22N2O3/c16-12(17)10-3-1-2-4-11(10)15-13(18)14-8-7-9-5-6-9/h9-11H,1-8H2,(H,16,17)(H2,14,15,18). The first kappa shape index (κ1) is 13.2. The van der Waals surface area contributed by atoms with Gasteiger partial charge >= 0.3 is 12.0 Å². The topological polar surface area (TPSA) is 78.4 Å². The Kier molecular flexibility index (Phi) is 4.44. The van der Waals surface area contributed by atoms with Gasteiger partial charge in [0.2, 0.25) is 0 Å². The number of rotatable bonds is 5. The minimum absolute atomic E-state index is 0.211. The Bertz CT molecular complexity index is 315. The molecule has 2 atom stereocenters. The number of aliphatic carboxylic acids is 1. The summed E-state index contributed by atoms with van der Waals surface area (Å²) in [4.78, 5) is 22.8. The molecule has 5 heteroatoms. The van der Waals surface area contributed by atoms with Crippen LogP contribution in [0.25, 0.3) is 0 Å². The van der Waals surface area contributed by atoms with Crippen LogP contribution in [0.1, 0.15) is 44.9 Å². The number of hydrogen-bond acceptors (Lipinski definition) is 2. The molecular formula is C13H22N2O3. The highest BCUT2D eigenvalue weighted by molar-refractivity contribution is 5.76. The molecule has 2 aliphatic carbocycles. The maximum Gasteiger partial charge on any atom is 0.315 e. The van der Waals surface area contributed by atoms with Crippen molar-refractivity contribution in [3.05, 3.63) is 0 Å². The quantitative estimate of drug-likeness (QED) is 0.699. The number of urea groups is 1. The van der Waals surface area contributed by atoms with Crippen LogP contribution in [0.15, 0.2) is 0 Å². The van der Waals surface area contributed by atoms with Gasteiger partial charge in [0.05, 0.1) is 5.92 Å². The summed E-state index contributed by atoms with van der Waals surface area (Å²) in [5, 5.41) is 14.7. The van der Waals surface area contributed by atoms with Gasteiger partial charge in [0.25, 0.3) is 0 Å². The highest BCUT2D eigenvalue weighted by atomic mass is 16.4. The van der Waals surface area contributed by atoms with Gasteiger partial charge in [0.15, 0.2) is 0 Å². The smallest absolute Gasteiger partial charge is 0.315 e. The van der Waals surface area contributed by atoms with E-state index in [9.17, 15) is 9.59 Å². The van der Waals surface area contributed by atoms with E-state index in [4.69, 9.17) is 5.11 Å². The fourth-order valence-electron chi connectivity index (χ4n) is 2.61. The first-order chi connectivity index (χ1) is 8.66. The van der Waals surface area contributed by atoms with Crippen molar-refractivity contribution in [2.24, 2.45) is 11.8 Å². The average molecular weight is 254 g/mol. The summed E-state index contributed by atoms with van der Waals surface area (Å²) in [5.41, 5.74) is 0. The third kappa shape index (κ3) is 3.89. The Morgan fingerprint density at radius 3 is 2.50 bits per heavy atom. The second-order valence-electron chi connectivity index (χ2n) is 5.47. The fraction of sp³-hybridized carbons (Fsp3) is 0.846. The summed E-state index contributed by atoms with van der Waals surface area (Å²) < 4.78 is 0. The van der Waals surface area contributed by atoms with Crippen LogP contribution in [0, 0.1) is 11.8 Å². The number of hydrogen-bond donors (Lipinski definition) is 3. The zero-order valence-corrected chi connectivity index (χ0v) is 10.7. The van der Waals surface area contributed by atoms with Crippen LogP contribution in [0.5, 0.6) is 0 Å². The number of amides is 2. The SMILES string of the molecule is O=C(NCCC1CC1)NC1CCCCC1C(=O)O. The van der Waals surface area contributed by atoms with Crippen molar-refractivity contribution in [1.82, 2.24) is 10.6 Å². The Labute approximate surface area is 107 Å². The van der Waals surface area contributed by atoms with Crippen LogP contribution in [0.3, 0.4) is 0 Å². The number of carbonyl (C=O) groups is 2. The number of carbonyl (C=O) groups excluding carboxylic acids is 1. The predicted octanol–water partition coefficient (Wildman–Crippen LogP) is 1.73. The second kappa shape index (κ2) is 6.07. The molecule has 0 bridgehead atoms. The van der Waals surface area contributed by atoms with E-state index in [0.717, 1.165) is 31.6 Å². The molecule has 0 saturated heterocycles. The molecule has 0 aromatic heterocycles. The van der Waals surface area contributed by atoms with Gasteiger partial charge in [-0.15, -0.1) is 0 Å². The van der Waals surface area contributed by atoms with Gasteiger partial charge in [0, 0.05) is 12.6 Å². The van der Waals surface area contributed by atoms with Crippen LogP contribution in [0.2, 0.25) is 0 Å². The van der Waals surface area contributed by atoms with Crippen LogP contribution >= 0.6 is 0 Å². The van der Waals surface area contributed by atoms with Gasteiger partial charge in [-0.05, 0) is 25.2 Å². The van der Waals surface area contributed by atoms with E-state index in [1.807, 2.05) is 0 Å². The van der Waals surface area contributed by atoms with Gasteiger partial charge in [-0.3, -0.25) is 4.79 Å². The number of carboxylic acids is 1. The highest BCUT2D eigenvalue weighted by Crippen LogP contribution is 2.31. The molecule has 102 valence electrons. The lowest BCUT2D eigenvalue weighted by molar-refractivity contribution is -0.143. The Balaban J connectivity index is 1.71. The molecular weight excluding hydrogens is 232 g/mol. The van der Waals surface area contributed by atoms with Crippen LogP contribution in [-0.2, 0) is 4.79 Å². The van der Waals surface area contributed by atoms with Crippen molar-refractivity contribution in [3.8, 4) is 0 Å². The predicted molar refractivity (Wildman–Crippen MR) is 67.3 cm³/mol. The van der Waals surface area contributed by atoms with Crippen molar-refractivity contribution in [2.45, 2.75) is 51.0 Å². The van der Waals surface area contributed by atoms with Crippen LogP contribution < -0.4 is 10.6 Å². The van der Waals surface area contributed by atoms with Crippen LogP contribution in [0.4, 0.5) is 4.79 Å². The van der Waals surface area contributed by atoms with E-state index >= 15 is 0 Å². The third-order valence-corrected chi connectivity index (χ3v) is 3.93. The van der Waals surface area contributed by atoms with Crippen molar-refractivity contribution >= 4 is 12.0 Å². The minimum atomic E-state index is -0.794. The lowest BCUT2D eigenvalue weighted by atomic mass is 9.84. The molecule has 2 unspecified atom stereocenters. The summed E-state index contributed by atoms with van der Waals surface area (Å²) in [6.07, 6.45) is 6.99. The molecule has 0 spiro atoms. The minimum Gasteiger partial charge on any atom is -0.481 e. The van der Waals surface area contributed by atoms with E-state index in [1.165, 1.54) is 12.8 Å². The van der Waals surface area contributed by atoms with Gasteiger partial charge in [0.1, 0.15) is 0 Å². The number of carboxylic acid groups (broad SMARTS) is 1. The molecule has 0 aromatic rings. The third-order valence-electron chi connectivity index (χ3n) is 3.93. The molecule has 0 heterocycles. The first-order valence-corrected chi connectivity index (χ1v) is 6.94. The maximum absolute atomic E-state index is 11.7. The Morgan fingerprint density at radius 2 is 1.83 bits per heavy atom. The molecule has 2 saturated carbocycles. The summed E-state index contributed by atoms with van der Waals surface area (Å²) >= 11 is 0. The zero-order valence-electron chi connectivity index (χ0n) is 10.7. The monoisotopic (exact) mass is 254 g/mol. The molecule has 2 fully saturated rings. The molecule has 0 radical (unpaired) electrons. The fourth-order valence-corrected chi connectivity index (χ4v) is 2.61. The molecule has 5 nitrogen and oxygen atoms in total. The molecule has 3 N–H and O–H groups in total. The first-order valence-electron chi connectivity index (χ1n) is 6.94. The van der Waals surface area contributed by atoms with Crippen molar-refractivity contribution in [1.29, 1.82) is 0 Å². The van der Waals surface area contributed by atoms with Crippen LogP contribution in [-0.4, -0.2) is 29.7 Å².